The Bertz CT molecular complexity index is 523. The minimum absolute atomic E-state index is 0.0514. The summed E-state index contributed by atoms with van der Waals surface area (Å²) in [7, 11) is 0. The molecule has 2 aromatic rings. The molecule has 0 spiro atoms. The molecule has 1 atom stereocenters. The van der Waals surface area contributed by atoms with E-state index in [9.17, 15) is 5.11 Å². The highest BCUT2D eigenvalue weighted by Gasteiger charge is 2.06. The van der Waals surface area contributed by atoms with E-state index in [2.05, 4.69) is 15.9 Å². The largest absolute Gasteiger partial charge is 0.508 e. The molecule has 0 fully saturated rings. The molecular formula is C13H14BrNO. The van der Waals surface area contributed by atoms with Crippen molar-refractivity contribution in [2.45, 2.75) is 19.4 Å². The first-order valence-electron chi connectivity index (χ1n) is 5.23. The maximum atomic E-state index is 9.86. The second kappa shape index (κ2) is 4.44. The summed E-state index contributed by atoms with van der Waals surface area (Å²) >= 11 is 3.44. The van der Waals surface area contributed by atoms with Crippen LogP contribution in [0.4, 0.5) is 0 Å². The number of phenols is 1. The SMILES string of the molecule is CC(N)Cc1cc2cc(Br)ccc2cc1O. The van der Waals surface area contributed by atoms with Crippen LogP contribution < -0.4 is 5.73 Å². The van der Waals surface area contributed by atoms with Crippen LogP contribution >= 0.6 is 15.9 Å². The topological polar surface area (TPSA) is 46.2 Å². The van der Waals surface area contributed by atoms with Crippen LogP contribution in [-0.2, 0) is 6.42 Å². The number of nitrogens with two attached hydrogens (primary N) is 1. The van der Waals surface area contributed by atoms with Crippen molar-refractivity contribution in [1.82, 2.24) is 0 Å². The summed E-state index contributed by atoms with van der Waals surface area (Å²) in [6.45, 7) is 1.94. The first kappa shape index (κ1) is 11.4. The zero-order valence-electron chi connectivity index (χ0n) is 9.07. The van der Waals surface area contributed by atoms with E-state index in [0.717, 1.165) is 20.8 Å². The van der Waals surface area contributed by atoms with Gasteiger partial charge in [0.15, 0.2) is 0 Å². The van der Waals surface area contributed by atoms with Gasteiger partial charge >= 0.3 is 0 Å². The molecule has 0 aliphatic heterocycles. The second-order valence-electron chi connectivity index (χ2n) is 4.15. The van der Waals surface area contributed by atoms with Gasteiger partial charge in [-0.15, -0.1) is 0 Å². The molecule has 0 amide bonds. The fourth-order valence-corrected chi connectivity index (χ4v) is 2.19. The van der Waals surface area contributed by atoms with Crippen molar-refractivity contribution in [3.8, 4) is 5.75 Å². The first-order chi connectivity index (χ1) is 7.56. The van der Waals surface area contributed by atoms with E-state index in [1.165, 1.54) is 0 Å². The fourth-order valence-electron chi connectivity index (χ4n) is 1.81. The van der Waals surface area contributed by atoms with Crippen molar-refractivity contribution < 1.29 is 5.11 Å². The number of hydrogen-bond donors (Lipinski definition) is 2. The van der Waals surface area contributed by atoms with Crippen LogP contribution in [0.1, 0.15) is 12.5 Å². The van der Waals surface area contributed by atoms with Crippen LogP contribution in [0.3, 0.4) is 0 Å². The monoisotopic (exact) mass is 279 g/mol. The molecule has 1 unspecified atom stereocenters. The lowest BCUT2D eigenvalue weighted by Crippen LogP contribution is -2.17. The Morgan fingerprint density at radius 1 is 1.25 bits per heavy atom. The fraction of sp³-hybridized carbons (Fsp3) is 0.231. The molecule has 3 N–H and O–H groups in total. The van der Waals surface area contributed by atoms with Gasteiger partial charge in [0, 0.05) is 10.5 Å². The minimum Gasteiger partial charge on any atom is -0.508 e. The van der Waals surface area contributed by atoms with Gasteiger partial charge in [0.2, 0.25) is 0 Å². The lowest BCUT2D eigenvalue weighted by molar-refractivity contribution is 0.466. The van der Waals surface area contributed by atoms with Gasteiger partial charge in [0.05, 0.1) is 0 Å². The maximum Gasteiger partial charge on any atom is 0.119 e. The van der Waals surface area contributed by atoms with Crippen molar-refractivity contribution in [2.75, 3.05) is 0 Å². The van der Waals surface area contributed by atoms with Gasteiger partial charge in [-0.1, -0.05) is 22.0 Å². The molecule has 0 saturated carbocycles. The Morgan fingerprint density at radius 3 is 2.69 bits per heavy atom. The highest BCUT2D eigenvalue weighted by molar-refractivity contribution is 9.10. The third kappa shape index (κ3) is 2.36. The van der Waals surface area contributed by atoms with E-state index in [0.29, 0.717) is 12.2 Å². The number of phenolic OH excluding ortho intramolecular Hbond substituents is 1. The molecule has 2 rings (SSSR count). The molecular weight excluding hydrogens is 266 g/mol. The van der Waals surface area contributed by atoms with Gasteiger partial charge in [0.1, 0.15) is 5.75 Å². The molecule has 2 nitrogen and oxygen atoms in total. The molecule has 2 aromatic carbocycles. The van der Waals surface area contributed by atoms with Gasteiger partial charge in [-0.2, -0.15) is 0 Å². The zero-order valence-corrected chi connectivity index (χ0v) is 10.7. The number of halogens is 1. The predicted molar refractivity (Wildman–Crippen MR) is 70.7 cm³/mol. The van der Waals surface area contributed by atoms with Crippen LogP contribution in [0.2, 0.25) is 0 Å². The van der Waals surface area contributed by atoms with Crippen LogP contribution in [0.15, 0.2) is 34.8 Å². The Kier molecular flexibility index (Phi) is 3.17. The minimum atomic E-state index is 0.0514. The molecule has 16 heavy (non-hydrogen) atoms. The number of hydrogen-bond acceptors (Lipinski definition) is 2. The first-order valence-corrected chi connectivity index (χ1v) is 6.02. The van der Waals surface area contributed by atoms with Crippen molar-refractivity contribution in [3.63, 3.8) is 0 Å². The summed E-state index contributed by atoms with van der Waals surface area (Å²) in [6, 6.07) is 9.83. The summed E-state index contributed by atoms with van der Waals surface area (Å²) in [5.74, 6) is 0.326. The summed E-state index contributed by atoms with van der Waals surface area (Å²) < 4.78 is 1.04. The zero-order chi connectivity index (χ0) is 11.7. The third-order valence-corrected chi connectivity index (χ3v) is 3.03. The maximum absolute atomic E-state index is 9.86. The number of benzene rings is 2. The standard InChI is InChI=1S/C13H14BrNO/c1-8(15)4-11-5-10-6-12(14)3-2-9(10)7-13(11)16/h2-3,5-8,16H,4,15H2,1H3. The third-order valence-electron chi connectivity index (χ3n) is 2.54. The summed E-state index contributed by atoms with van der Waals surface area (Å²) in [5.41, 5.74) is 6.65. The highest BCUT2D eigenvalue weighted by Crippen LogP contribution is 2.27. The summed E-state index contributed by atoms with van der Waals surface area (Å²) in [5, 5.41) is 12.0. The molecule has 0 aliphatic rings. The summed E-state index contributed by atoms with van der Waals surface area (Å²) in [4.78, 5) is 0. The molecule has 0 aliphatic carbocycles. The van der Waals surface area contributed by atoms with Gasteiger partial charge in [-0.05, 0) is 53.9 Å². The van der Waals surface area contributed by atoms with Crippen molar-refractivity contribution in [3.05, 3.63) is 40.4 Å². The lowest BCUT2D eigenvalue weighted by atomic mass is 10.0. The molecule has 0 bridgehead atoms. The number of fused-ring (bicyclic) bond motifs is 1. The lowest BCUT2D eigenvalue weighted by Gasteiger charge is -2.09. The van der Waals surface area contributed by atoms with Crippen LogP contribution in [0.5, 0.6) is 5.75 Å². The average molecular weight is 280 g/mol. The average Bonchev–Trinajstić information content (AvgIpc) is 2.19. The molecule has 0 heterocycles. The van der Waals surface area contributed by atoms with E-state index in [4.69, 9.17) is 5.73 Å². The highest BCUT2D eigenvalue weighted by atomic mass is 79.9. The second-order valence-corrected chi connectivity index (χ2v) is 5.07. The van der Waals surface area contributed by atoms with Gasteiger partial charge in [0.25, 0.3) is 0 Å². The molecule has 3 heteroatoms. The number of aromatic hydroxyl groups is 1. The summed E-state index contributed by atoms with van der Waals surface area (Å²) in [6.07, 6.45) is 0.689. The van der Waals surface area contributed by atoms with Crippen LogP contribution in [0.25, 0.3) is 10.8 Å². The van der Waals surface area contributed by atoms with E-state index in [-0.39, 0.29) is 6.04 Å². The Balaban J connectivity index is 2.55. The molecule has 0 aromatic heterocycles. The molecule has 0 radical (unpaired) electrons. The number of rotatable bonds is 2. The predicted octanol–water partition coefficient (Wildman–Crippen LogP) is 3.20. The Labute approximate surface area is 103 Å². The molecule has 84 valence electrons. The Morgan fingerprint density at radius 2 is 2.00 bits per heavy atom. The van der Waals surface area contributed by atoms with E-state index in [1.807, 2.05) is 31.2 Å². The van der Waals surface area contributed by atoms with Crippen molar-refractivity contribution in [2.24, 2.45) is 5.73 Å². The quantitative estimate of drug-likeness (QED) is 0.887. The normalized spacial score (nSPS) is 12.9. The van der Waals surface area contributed by atoms with Crippen molar-refractivity contribution >= 4 is 26.7 Å². The smallest absolute Gasteiger partial charge is 0.119 e. The van der Waals surface area contributed by atoms with Crippen LogP contribution in [0, 0.1) is 0 Å². The van der Waals surface area contributed by atoms with E-state index in [1.54, 1.807) is 6.07 Å². The van der Waals surface area contributed by atoms with E-state index < -0.39 is 0 Å². The van der Waals surface area contributed by atoms with Gasteiger partial charge < -0.3 is 10.8 Å². The van der Waals surface area contributed by atoms with Gasteiger partial charge in [-0.3, -0.25) is 0 Å². The van der Waals surface area contributed by atoms with Crippen LogP contribution in [-0.4, -0.2) is 11.1 Å². The van der Waals surface area contributed by atoms with Crippen molar-refractivity contribution in [1.29, 1.82) is 0 Å². The van der Waals surface area contributed by atoms with E-state index >= 15 is 0 Å². The molecule has 0 saturated heterocycles. The van der Waals surface area contributed by atoms with Gasteiger partial charge in [-0.25, -0.2) is 0 Å². The Hall–Kier alpha value is -1.06.